The molecule has 2 atom stereocenters. The van der Waals surface area contributed by atoms with E-state index < -0.39 is 5.92 Å². The third-order valence-corrected chi connectivity index (χ3v) is 4.75. The summed E-state index contributed by atoms with van der Waals surface area (Å²) in [4.78, 5) is 37.2. The number of hydrogen-bond donors (Lipinski definition) is 2. The molecular weight excluding hydrogens is 328 g/mol. The summed E-state index contributed by atoms with van der Waals surface area (Å²) in [5.74, 6) is -0.983. The SMILES string of the molecule is Cc1cc(C)c(C2C(=O)CC(CCNC(=O)NC(C)(C)C)C2=O)c(C)c1. The molecule has 0 bridgehead atoms. The molecule has 26 heavy (non-hydrogen) atoms. The maximum atomic E-state index is 12.9. The van der Waals surface area contributed by atoms with Crippen LogP contribution in [0.25, 0.3) is 0 Å². The highest BCUT2D eigenvalue weighted by molar-refractivity contribution is 6.15. The number of hydrogen-bond acceptors (Lipinski definition) is 3. The molecule has 1 fully saturated rings. The van der Waals surface area contributed by atoms with Crippen LogP contribution in [0.1, 0.15) is 61.8 Å². The van der Waals surface area contributed by atoms with E-state index in [9.17, 15) is 14.4 Å². The number of nitrogens with one attached hydrogen (secondary N) is 2. The van der Waals surface area contributed by atoms with Crippen molar-refractivity contribution in [2.45, 2.75) is 65.8 Å². The number of ketones is 2. The fourth-order valence-electron chi connectivity index (χ4n) is 3.79. The minimum absolute atomic E-state index is 0.00537. The van der Waals surface area contributed by atoms with E-state index >= 15 is 0 Å². The largest absolute Gasteiger partial charge is 0.338 e. The van der Waals surface area contributed by atoms with Crippen LogP contribution in [-0.4, -0.2) is 29.7 Å². The molecule has 5 heteroatoms. The van der Waals surface area contributed by atoms with Crippen LogP contribution in [0.5, 0.6) is 0 Å². The monoisotopic (exact) mass is 358 g/mol. The van der Waals surface area contributed by atoms with Crippen molar-refractivity contribution in [3.05, 3.63) is 34.4 Å². The average Bonchev–Trinajstić information content (AvgIpc) is 2.72. The summed E-state index contributed by atoms with van der Waals surface area (Å²) in [7, 11) is 0. The number of urea groups is 1. The summed E-state index contributed by atoms with van der Waals surface area (Å²) in [6, 6.07) is 3.79. The zero-order chi connectivity index (χ0) is 19.6. The molecule has 2 N–H and O–H groups in total. The Hall–Kier alpha value is -2.17. The first-order chi connectivity index (χ1) is 12.0. The van der Waals surface area contributed by atoms with Crippen molar-refractivity contribution in [1.29, 1.82) is 0 Å². The number of carbonyl (C=O) groups excluding carboxylic acids is 3. The molecule has 0 spiro atoms. The molecular formula is C21H30N2O3. The lowest BCUT2D eigenvalue weighted by atomic mass is 9.86. The van der Waals surface area contributed by atoms with E-state index in [0.29, 0.717) is 13.0 Å². The van der Waals surface area contributed by atoms with Crippen LogP contribution in [-0.2, 0) is 9.59 Å². The molecule has 0 aliphatic heterocycles. The Morgan fingerprint density at radius 3 is 2.23 bits per heavy atom. The minimum atomic E-state index is -0.649. The molecule has 0 saturated heterocycles. The molecule has 0 aromatic heterocycles. The molecule has 1 aliphatic carbocycles. The average molecular weight is 358 g/mol. The van der Waals surface area contributed by atoms with Crippen LogP contribution in [0, 0.1) is 26.7 Å². The summed E-state index contributed by atoms with van der Waals surface area (Å²) in [5, 5.41) is 5.59. The van der Waals surface area contributed by atoms with Crippen molar-refractivity contribution in [3.63, 3.8) is 0 Å². The van der Waals surface area contributed by atoms with Crippen LogP contribution >= 0.6 is 0 Å². The van der Waals surface area contributed by atoms with E-state index in [0.717, 1.165) is 22.3 Å². The van der Waals surface area contributed by atoms with Gasteiger partial charge >= 0.3 is 6.03 Å². The van der Waals surface area contributed by atoms with Gasteiger partial charge in [0, 0.05) is 24.4 Å². The fourth-order valence-corrected chi connectivity index (χ4v) is 3.79. The Balaban J connectivity index is 2.02. The number of Topliss-reactive ketones (excluding diaryl/α,β-unsaturated/α-hetero) is 2. The predicted molar refractivity (Wildman–Crippen MR) is 102 cm³/mol. The molecule has 1 aromatic rings. The van der Waals surface area contributed by atoms with Gasteiger partial charge in [-0.05, 0) is 64.7 Å². The van der Waals surface area contributed by atoms with Gasteiger partial charge in [-0.2, -0.15) is 0 Å². The highest BCUT2D eigenvalue weighted by atomic mass is 16.2. The highest BCUT2D eigenvalue weighted by Gasteiger charge is 2.42. The van der Waals surface area contributed by atoms with Crippen LogP contribution < -0.4 is 10.6 Å². The van der Waals surface area contributed by atoms with Gasteiger partial charge in [0.25, 0.3) is 0 Å². The number of amides is 2. The smallest absolute Gasteiger partial charge is 0.315 e. The van der Waals surface area contributed by atoms with Gasteiger partial charge in [0.2, 0.25) is 0 Å². The lowest BCUT2D eigenvalue weighted by molar-refractivity contribution is -0.124. The summed E-state index contributed by atoms with van der Waals surface area (Å²) in [6.07, 6.45) is 0.751. The zero-order valence-corrected chi connectivity index (χ0v) is 16.7. The van der Waals surface area contributed by atoms with Crippen molar-refractivity contribution in [2.24, 2.45) is 5.92 Å². The third-order valence-electron chi connectivity index (χ3n) is 4.75. The van der Waals surface area contributed by atoms with Crippen molar-refractivity contribution < 1.29 is 14.4 Å². The van der Waals surface area contributed by atoms with E-state index in [2.05, 4.69) is 10.6 Å². The number of benzene rings is 1. The fraction of sp³-hybridized carbons (Fsp3) is 0.571. The summed E-state index contributed by atoms with van der Waals surface area (Å²) in [5.41, 5.74) is 3.68. The second-order valence-electron chi connectivity index (χ2n) is 8.43. The van der Waals surface area contributed by atoms with Crippen LogP contribution in [0.3, 0.4) is 0 Å². The first-order valence-corrected chi connectivity index (χ1v) is 9.20. The highest BCUT2D eigenvalue weighted by Crippen LogP contribution is 2.37. The molecule has 1 aliphatic rings. The predicted octanol–water partition coefficient (Wildman–Crippen LogP) is 3.34. The van der Waals surface area contributed by atoms with E-state index in [1.54, 1.807) is 0 Å². The van der Waals surface area contributed by atoms with Crippen molar-refractivity contribution in [1.82, 2.24) is 10.6 Å². The van der Waals surface area contributed by atoms with Gasteiger partial charge in [0.1, 0.15) is 11.7 Å². The molecule has 2 unspecified atom stereocenters. The second kappa shape index (κ2) is 7.60. The number of rotatable bonds is 4. The Bertz CT molecular complexity index is 708. The van der Waals surface area contributed by atoms with Crippen molar-refractivity contribution in [2.75, 3.05) is 6.54 Å². The Labute approximate surface area is 155 Å². The van der Waals surface area contributed by atoms with Crippen molar-refractivity contribution in [3.8, 4) is 0 Å². The minimum Gasteiger partial charge on any atom is -0.338 e. The van der Waals surface area contributed by atoms with Crippen LogP contribution in [0.2, 0.25) is 0 Å². The molecule has 0 heterocycles. The molecule has 5 nitrogen and oxygen atoms in total. The van der Waals surface area contributed by atoms with Gasteiger partial charge in [0.15, 0.2) is 5.78 Å². The lowest BCUT2D eigenvalue weighted by Crippen LogP contribution is -2.46. The molecule has 0 radical (unpaired) electrons. The van der Waals surface area contributed by atoms with Gasteiger partial charge in [-0.1, -0.05) is 17.7 Å². The van der Waals surface area contributed by atoms with E-state index in [4.69, 9.17) is 0 Å². The first kappa shape index (κ1) is 20.1. The van der Waals surface area contributed by atoms with E-state index in [1.165, 1.54) is 0 Å². The Kier molecular flexibility index (Phi) is 5.89. The molecule has 2 rings (SSSR count). The molecule has 1 aromatic carbocycles. The van der Waals surface area contributed by atoms with Crippen LogP contribution in [0.4, 0.5) is 4.79 Å². The molecule has 142 valence electrons. The maximum Gasteiger partial charge on any atom is 0.315 e. The normalized spacial score (nSPS) is 20.4. The van der Waals surface area contributed by atoms with Gasteiger partial charge < -0.3 is 10.6 Å². The Morgan fingerprint density at radius 1 is 1.12 bits per heavy atom. The summed E-state index contributed by atoms with van der Waals surface area (Å²) < 4.78 is 0. The topological polar surface area (TPSA) is 75.3 Å². The van der Waals surface area contributed by atoms with Crippen LogP contribution in [0.15, 0.2) is 12.1 Å². The standard InChI is InChI=1S/C21H30N2O3/c1-12-9-13(2)17(14(3)10-12)18-16(24)11-15(19(18)25)7-8-22-20(26)23-21(4,5)6/h9-10,15,18H,7-8,11H2,1-6H3,(H2,22,23,26). The first-order valence-electron chi connectivity index (χ1n) is 9.20. The second-order valence-corrected chi connectivity index (χ2v) is 8.43. The summed E-state index contributed by atoms with van der Waals surface area (Å²) in [6.45, 7) is 12.0. The van der Waals surface area contributed by atoms with E-state index in [-0.39, 0.29) is 35.5 Å². The number of carbonyl (C=O) groups is 3. The zero-order valence-electron chi connectivity index (χ0n) is 16.7. The quantitative estimate of drug-likeness (QED) is 0.811. The van der Waals surface area contributed by atoms with Gasteiger partial charge in [-0.25, -0.2) is 4.79 Å². The number of aryl methyl sites for hydroxylation is 3. The van der Waals surface area contributed by atoms with Gasteiger partial charge in [0.05, 0.1) is 0 Å². The van der Waals surface area contributed by atoms with Crippen molar-refractivity contribution >= 4 is 17.6 Å². The Morgan fingerprint density at radius 2 is 1.69 bits per heavy atom. The lowest BCUT2D eigenvalue weighted by Gasteiger charge is -2.21. The van der Waals surface area contributed by atoms with Gasteiger partial charge in [-0.3, -0.25) is 9.59 Å². The summed E-state index contributed by atoms with van der Waals surface area (Å²) >= 11 is 0. The molecule has 2 amide bonds. The molecule has 1 saturated carbocycles. The van der Waals surface area contributed by atoms with E-state index in [1.807, 2.05) is 53.7 Å². The maximum absolute atomic E-state index is 12.9. The third kappa shape index (κ3) is 4.71. The van der Waals surface area contributed by atoms with Gasteiger partial charge in [-0.15, -0.1) is 0 Å².